The molecule has 6 nitrogen and oxygen atoms in total. The second-order valence-corrected chi connectivity index (χ2v) is 11.2. The molecule has 2 aliphatic rings. The monoisotopic (exact) mass is 413 g/mol. The Morgan fingerprint density at radius 2 is 1.88 bits per heavy atom. The van der Waals surface area contributed by atoms with Gasteiger partial charge in [0, 0.05) is 10.1 Å². The minimum atomic E-state index is -3.57. The topological polar surface area (TPSA) is 81.1 Å². The fraction of sp³-hybridized carbons (Fsp3) is 0.647. The van der Waals surface area contributed by atoms with Gasteiger partial charge in [0.2, 0.25) is 10.0 Å². The number of thioether (sulfide) groups is 1. The van der Waals surface area contributed by atoms with Gasteiger partial charge in [0.05, 0.1) is 11.6 Å². The van der Waals surface area contributed by atoms with Crippen molar-refractivity contribution in [1.29, 1.82) is 0 Å². The van der Waals surface area contributed by atoms with Crippen LogP contribution in [0.5, 0.6) is 0 Å². The number of thiophene rings is 1. The number of hydrogen-bond acceptors (Lipinski definition) is 6. The van der Waals surface area contributed by atoms with Crippen LogP contribution in [0.4, 0.5) is 0 Å². The van der Waals surface area contributed by atoms with E-state index in [-0.39, 0.29) is 5.56 Å². The lowest BCUT2D eigenvalue weighted by atomic mass is 9.97. The molecule has 1 saturated carbocycles. The maximum Gasteiger partial charge on any atom is 0.282 e. The number of rotatable bonds is 4. The Hall–Kier alpha value is -1.06. The molecular formula is C17H23N3O3S3. The first-order valence-corrected chi connectivity index (χ1v) is 12.7. The average molecular weight is 414 g/mol. The zero-order valence-corrected chi connectivity index (χ0v) is 17.2. The molecular weight excluding hydrogens is 390 g/mol. The van der Waals surface area contributed by atoms with Crippen LogP contribution in [0.25, 0.3) is 10.2 Å². The van der Waals surface area contributed by atoms with Gasteiger partial charge in [-0.05, 0) is 44.1 Å². The smallest absolute Gasteiger partial charge is 0.267 e. The molecule has 0 atom stereocenters. The highest BCUT2D eigenvalue weighted by atomic mass is 32.2. The zero-order chi connectivity index (χ0) is 18.3. The number of nitrogens with zero attached hydrogens (tertiary/aromatic N) is 2. The van der Waals surface area contributed by atoms with Gasteiger partial charge in [-0.1, -0.05) is 31.0 Å². The SMILES string of the molecule is CS(=O)(=O)Nn1c(SC2CCCCC2)nc2sc3c(c2c1=O)CCCC3. The molecule has 142 valence electrons. The van der Waals surface area contributed by atoms with Crippen LogP contribution in [0.15, 0.2) is 9.95 Å². The second kappa shape index (κ2) is 7.16. The predicted molar refractivity (Wildman–Crippen MR) is 107 cm³/mol. The minimum Gasteiger partial charge on any atom is -0.267 e. The van der Waals surface area contributed by atoms with Crippen molar-refractivity contribution in [2.24, 2.45) is 0 Å². The average Bonchev–Trinajstić information content (AvgIpc) is 2.96. The fourth-order valence-corrected chi connectivity index (χ4v) is 6.96. The van der Waals surface area contributed by atoms with Crippen molar-refractivity contribution in [2.45, 2.75) is 68.2 Å². The van der Waals surface area contributed by atoms with Gasteiger partial charge in [0.15, 0.2) is 5.16 Å². The first-order valence-electron chi connectivity index (χ1n) is 9.14. The highest BCUT2D eigenvalue weighted by Crippen LogP contribution is 2.37. The van der Waals surface area contributed by atoms with Crippen molar-refractivity contribution in [2.75, 3.05) is 11.1 Å². The van der Waals surface area contributed by atoms with E-state index in [0.717, 1.165) is 55.2 Å². The van der Waals surface area contributed by atoms with E-state index in [4.69, 9.17) is 4.98 Å². The third-order valence-corrected chi connectivity index (χ3v) is 8.03. The van der Waals surface area contributed by atoms with Gasteiger partial charge in [-0.15, -0.1) is 11.3 Å². The Morgan fingerprint density at radius 1 is 1.15 bits per heavy atom. The first kappa shape index (κ1) is 18.3. The summed E-state index contributed by atoms with van der Waals surface area (Å²) in [5.41, 5.74) is 0.796. The number of aryl methyl sites for hydroxylation is 2. The first-order chi connectivity index (χ1) is 12.4. The summed E-state index contributed by atoms with van der Waals surface area (Å²) >= 11 is 3.14. The van der Waals surface area contributed by atoms with Crippen LogP contribution in [-0.4, -0.2) is 29.6 Å². The summed E-state index contributed by atoms with van der Waals surface area (Å²) in [6.07, 6.45) is 10.9. The van der Waals surface area contributed by atoms with E-state index >= 15 is 0 Å². The highest BCUT2D eigenvalue weighted by molar-refractivity contribution is 7.99. The molecule has 0 saturated heterocycles. The maximum absolute atomic E-state index is 13.2. The predicted octanol–water partition coefficient (Wildman–Crippen LogP) is 3.26. The Kier molecular flexibility index (Phi) is 5.04. The van der Waals surface area contributed by atoms with Crippen LogP contribution in [0, 0.1) is 0 Å². The minimum absolute atomic E-state index is 0.280. The van der Waals surface area contributed by atoms with Crippen molar-refractivity contribution < 1.29 is 8.42 Å². The zero-order valence-electron chi connectivity index (χ0n) is 14.8. The summed E-state index contributed by atoms with van der Waals surface area (Å²) in [7, 11) is -3.57. The number of aromatic nitrogens is 2. The molecule has 0 amide bonds. The normalized spacial score (nSPS) is 18.8. The summed E-state index contributed by atoms with van der Waals surface area (Å²) in [5.74, 6) is 0. The number of nitrogens with one attached hydrogen (secondary N) is 1. The molecule has 0 radical (unpaired) electrons. The Balaban J connectivity index is 1.85. The molecule has 2 aliphatic carbocycles. The molecule has 26 heavy (non-hydrogen) atoms. The van der Waals surface area contributed by atoms with Crippen molar-refractivity contribution in [1.82, 2.24) is 9.66 Å². The molecule has 0 spiro atoms. The molecule has 4 rings (SSSR count). The van der Waals surface area contributed by atoms with E-state index < -0.39 is 10.0 Å². The van der Waals surface area contributed by atoms with Crippen molar-refractivity contribution in [3.05, 3.63) is 20.8 Å². The second-order valence-electron chi connectivity index (χ2n) is 7.17. The summed E-state index contributed by atoms with van der Waals surface area (Å²) in [5, 5.41) is 1.46. The number of fused-ring (bicyclic) bond motifs is 3. The van der Waals surface area contributed by atoms with Crippen LogP contribution in [0.1, 0.15) is 55.4 Å². The molecule has 9 heteroatoms. The molecule has 0 aromatic carbocycles. The lowest BCUT2D eigenvalue weighted by Gasteiger charge is -2.22. The van der Waals surface area contributed by atoms with Crippen LogP contribution < -0.4 is 10.4 Å². The maximum atomic E-state index is 13.2. The lowest BCUT2D eigenvalue weighted by Crippen LogP contribution is -2.35. The third-order valence-electron chi connectivity index (χ3n) is 5.04. The molecule has 1 fully saturated rings. The van der Waals surface area contributed by atoms with E-state index in [0.29, 0.717) is 15.8 Å². The van der Waals surface area contributed by atoms with E-state index in [1.165, 1.54) is 40.6 Å². The summed E-state index contributed by atoms with van der Waals surface area (Å²) < 4.78 is 24.9. The van der Waals surface area contributed by atoms with Gasteiger partial charge in [-0.3, -0.25) is 4.79 Å². The third kappa shape index (κ3) is 3.66. The number of hydrogen-bond donors (Lipinski definition) is 1. The molecule has 1 N–H and O–H groups in total. The number of sulfonamides is 1. The standard InChI is InChI=1S/C17H23N3O3S3/c1-26(22,23)19-20-16(21)14-12-9-5-6-10-13(12)25-15(14)18-17(20)24-11-7-3-2-4-8-11/h11,19H,2-10H2,1H3. The molecule has 0 aliphatic heterocycles. The van der Waals surface area contributed by atoms with Gasteiger partial charge in [0.1, 0.15) is 4.83 Å². The van der Waals surface area contributed by atoms with Gasteiger partial charge in [0.25, 0.3) is 5.56 Å². The van der Waals surface area contributed by atoms with Crippen molar-refractivity contribution >= 4 is 43.3 Å². The largest absolute Gasteiger partial charge is 0.282 e. The lowest BCUT2D eigenvalue weighted by molar-refractivity contribution is 0.514. The summed E-state index contributed by atoms with van der Waals surface area (Å²) in [6, 6.07) is 0. The van der Waals surface area contributed by atoms with Gasteiger partial charge >= 0.3 is 0 Å². The fourth-order valence-electron chi connectivity index (χ4n) is 3.84. The van der Waals surface area contributed by atoms with Crippen molar-refractivity contribution in [3.63, 3.8) is 0 Å². The molecule has 2 aromatic rings. The van der Waals surface area contributed by atoms with E-state index in [2.05, 4.69) is 4.83 Å². The summed E-state index contributed by atoms with van der Waals surface area (Å²) in [4.78, 5) is 22.3. The Morgan fingerprint density at radius 3 is 2.62 bits per heavy atom. The molecule has 2 heterocycles. The van der Waals surface area contributed by atoms with Crippen molar-refractivity contribution in [3.8, 4) is 0 Å². The molecule has 2 aromatic heterocycles. The Labute approximate surface area is 161 Å². The quantitative estimate of drug-likeness (QED) is 0.778. The summed E-state index contributed by atoms with van der Waals surface area (Å²) in [6.45, 7) is 0. The van der Waals surface area contributed by atoms with E-state index in [1.807, 2.05) is 0 Å². The van der Waals surface area contributed by atoms with E-state index in [9.17, 15) is 13.2 Å². The van der Waals surface area contributed by atoms with Crippen LogP contribution >= 0.6 is 23.1 Å². The van der Waals surface area contributed by atoms with E-state index in [1.54, 1.807) is 11.3 Å². The Bertz CT molecular complexity index is 988. The highest BCUT2D eigenvalue weighted by Gasteiger charge is 2.25. The molecule has 0 unspecified atom stereocenters. The van der Waals surface area contributed by atoms with Crippen LogP contribution in [0.3, 0.4) is 0 Å². The molecule has 0 bridgehead atoms. The van der Waals surface area contributed by atoms with Gasteiger partial charge < -0.3 is 0 Å². The van der Waals surface area contributed by atoms with Gasteiger partial charge in [-0.25, -0.2) is 18.2 Å². The van der Waals surface area contributed by atoms with Gasteiger partial charge in [-0.2, -0.15) is 4.68 Å². The van der Waals surface area contributed by atoms with Crippen LogP contribution in [-0.2, 0) is 22.9 Å². The van der Waals surface area contributed by atoms with Crippen LogP contribution in [0.2, 0.25) is 0 Å².